The first-order valence-electron chi connectivity index (χ1n) is 9.37. The zero-order valence-corrected chi connectivity index (χ0v) is 17.1. The van der Waals surface area contributed by atoms with Gasteiger partial charge >= 0.3 is 0 Å². The van der Waals surface area contributed by atoms with Crippen LogP contribution in [0.15, 0.2) is 58.0 Å². The van der Waals surface area contributed by atoms with Crippen LogP contribution < -0.4 is 4.90 Å². The molecule has 0 spiro atoms. The minimum absolute atomic E-state index is 0.0927. The van der Waals surface area contributed by atoms with Crippen LogP contribution in [0.2, 0.25) is 0 Å². The van der Waals surface area contributed by atoms with Crippen LogP contribution in [0.3, 0.4) is 0 Å². The van der Waals surface area contributed by atoms with Crippen molar-refractivity contribution in [1.29, 1.82) is 5.26 Å². The first-order chi connectivity index (χ1) is 14.4. The molecule has 0 N–H and O–H groups in total. The molecule has 1 aliphatic rings. The highest BCUT2D eigenvalue weighted by Crippen LogP contribution is 2.28. The van der Waals surface area contributed by atoms with E-state index in [9.17, 15) is 18.1 Å². The zero-order chi connectivity index (χ0) is 21.3. The molecule has 9 heteroatoms. The van der Waals surface area contributed by atoms with Crippen molar-refractivity contribution in [3.05, 3.63) is 65.6 Å². The van der Waals surface area contributed by atoms with Crippen LogP contribution in [0, 0.1) is 24.1 Å². The Hall–Kier alpha value is -3.22. The van der Waals surface area contributed by atoms with Gasteiger partial charge in [-0.2, -0.15) is 14.6 Å². The van der Waals surface area contributed by atoms with Crippen LogP contribution >= 0.6 is 0 Å². The van der Waals surface area contributed by atoms with Gasteiger partial charge in [0, 0.05) is 37.4 Å². The number of sulfonamides is 1. The Morgan fingerprint density at radius 2 is 1.67 bits per heavy atom. The summed E-state index contributed by atoms with van der Waals surface area (Å²) in [7, 11) is -4.02. The van der Waals surface area contributed by atoms with Crippen molar-refractivity contribution < 1.29 is 17.2 Å². The number of nitriles is 1. The summed E-state index contributed by atoms with van der Waals surface area (Å²) < 4.78 is 46.2. The Balaban J connectivity index is 1.56. The van der Waals surface area contributed by atoms with Crippen molar-refractivity contribution in [1.82, 2.24) is 9.29 Å². The van der Waals surface area contributed by atoms with Crippen molar-refractivity contribution in [2.24, 2.45) is 0 Å². The molecule has 0 aliphatic carbocycles. The van der Waals surface area contributed by atoms with E-state index in [1.807, 2.05) is 30.0 Å². The van der Waals surface area contributed by atoms with Crippen molar-refractivity contribution in [2.45, 2.75) is 12.0 Å². The van der Waals surface area contributed by atoms with E-state index in [1.165, 1.54) is 16.4 Å². The summed E-state index contributed by atoms with van der Waals surface area (Å²) in [6.07, 6.45) is 0. The van der Waals surface area contributed by atoms with Crippen molar-refractivity contribution in [2.75, 3.05) is 31.1 Å². The molecular weight excluding hydrogens is 407 g/mol. The van der Waals surface area contributed by atoms with Crippen LogP contribution in [-0.2, 0) is 10.0 Å². The number of nitrogens with zero attached hydrogens (tertiary/aromatic N) is 4. The van der Waals surface area contributed by atoms with Gasteiger partial charge in [-0.15, -0.1) is 0 Å². The number of oxazole rings is 1. The number of rotatable bonds is 4. The predicted octanol–water partition coefficient (Wildman–Crippen LogP) is 3.17. The highest BCUT2D eigenvalue weighted by molar-refractivity contribution is 7.89. The fourth-order valence-electron chi connectivity index (χ4n) is 3.33. The maximum absolute atomic E-state index is 13.1. The second-order valence-electron chi connectivity index (χ2n) is 7.00. The molecule has 1 saturated heterocycles. The lowest BCUT2D eigenvalue weighted by Gasteiger charge is -2.34. The number of aryl methyl sites for hydroxylation is 1. The average Bonchev–Trinajstić information content (AvgIpc) is 3.20. The summed E-state index contributed by atoms with van der Waals surface area (Å²) >= 11 is 0. The Morgan fingerprint density at radius 3 is 2.27 bits per heavy atom. The second kappa shape index (κ2) is 7.89. The number of anilines is 1. The minimum Gasteiger partial charge on any atom is -0.422 e. The second-order valence-corrected chi connectivity index (χ2v) is 8.84. The first kappa shape index (κ1) is 20.1. The SMILES string of the molecule is Cc1ccc(-c2nc(C#N)c(S(=O)(=O)N3CCN(c4ccc(F)cc4)CC3)o2)cc1. The standard InChI is InChI=1S/C21H19FN4O3S/c1-15-2-4-16(5-3-15)20-24-19(14-23)21(29-20)30(27,28)26-12-10-25(11-13-26)18-8-6-17(22)7-9-18/h2-9H,10-13H2,1H3. The number of hydrogen-bond donors (Lipinski definition) is 0. The van der Waals surface area contributed by atoms with E-state index >= 15 is 0 Å². The molecule has 0 bridgehead atoms. The van der Waals surface area contributed by atoms with Crippen LogP contribution in [0.1, 0.15) is 11.3 Å². The van der Waals surface area contributed by atoms with Gasteiger partial charge < -0.3 is 9.32 Å². The van der Waals surface area contributed by atoms with Gasteiger partial charge in [-0.3, -0.25) is 0 Å². The predicted molar refractivity (Wildman–Crippen MR) is 109 cm³/mol. The Labute approximate surface area is 174 Å². The largest absolute Gasteiger partial charge is 0.422 e. The van der Waals surface area contributed by atoms with Gasteiger partial charge in [-0.05, 0) is 43.3 Å². The summed E-state index contributed by atoms with van der Waals surface area (Å²) in [6, 6.07) is 15.1. The summed E-state index contributed by atoms with van der Waals surface area (Å²) in [4.78, 5) is 6.06. The molecule has 2 aromatic carbocycles. The molecule has 7 nitrogen and oxygen atoms in total. The Morgan fingerprint density at radius 1 is 1.03 bits per heavy atom. The lowest BCUT2D eigenvalue weighted by Crippen LogP contribution is -2.48. The van der Waals surface area contributed by atoms with Crippen LogP contribution in [0.4, 0.5) is 10.1 Å². The Bertz CT molecular complexity index is 1190. The average molecular weight is 426 g/mol. The molecule has 1 aromatic heterocycles. The normalized spacial score (nSPS) is 15.2. The van der Waals surface area contributed by atoms with Gasteiger partial charge in [0.2, 0.25) is 5.89 Å². The van der Waals surface area contributed by atoms with Crippen molar-refractivity contribution in [3.63, 3.8) is 0 Å². The van der Waals surface area contributed by atoms with E-state index in [1.54, 1.807) is 24.3 Å². The molecule has 0 radical (unpaired) electrons. The van der Waals surface area contributed by atoms with E-state index in [4.69, 9.17) is 4.42 Å². The topological polar surface area (TPSA) is 90.4 Å². The maximum atomic E-state index is 13.1. The first-order valence-corrected chi connectivity index (χ1v) is 10.8. The number of aromatic nitrogens is 1. The molecular formula is C21H19FN4O3S. The minimum atomic E-state index is -4.02. The highest BCUT2D eigenvalue weighted by atomic mass is 32.2. The smallest absolute Gasteiger partial charge is 0.279 e. The van der Waals surface area contributed by atoms with Gasteiger partial charge in [-0.25, -0.2) is 12.8 Å². The van der Waals surface area contributed by atoms with Crippen LogP contribution in [0.5, 0.6) is 0 Å². The molecule has 1 fully saturated rings. The fraction of sp³-hybridized carbons (Fsp3) is 0.238. The van der Waals surface area contributed by atoms with Crippen LogP contribution in [0.25, 0.3) is 11.5 Å². The molecule has 0 atom stereocenters. The van der Waals surface area contributed by atoms with Gasteiger partial charge in [0.1, 0.15) is 11.9 Å². The van der Waals surface area contributed by atoms with Crippen LogP contribution in [-0.4, -0.2) is 43.9 Å². The van der Waals surface area contributed by atoms with Gasteiger partial charge in [0.15, 0.2) is 5.69 Å². The van der Waals surface area contributed by atoms with E-state index < -0.39 is 15.1 Å². The van der Waals surface area contributed by atoms with E-state index in [2.05, 4.69) is 4.98 Å². The Kier molecular flexibility index (Phi) is 5.28. The molecule has 1 aliphatic heterocycles. The van der Waals surface area contributed by atoms with Crippen molar-refractivity contribution >= 4 is 15.7 Å². The molecule has 0 saturated carbocycles. The van der Waals surface area contributed by atoms with E-state index in [0.29, 0.717) is 18.7 Å². The third-order valence-corrected chi connectivity index (χ3v) is 6.80. The summed E-state index contributed by atoms with van der Waals surface area (Å²) in [6.45, 7) is 3.23. The molecule has 4 rings (SSSR count). The molecule has 2 heterocycles. The van der Waals surface area contributed by atoms with Crippen molar-refractivity contribution in [3.8, 4) is 17.5 Å². The third-order valence-electron chi connectivity index (χ3n) is 5.01. The van der Waals surface area contributed by atoms with E-state index in [0.717, 1.165) is 11.3 Å². The summed E-state index contributed by atoms with van der Waals surface area (Å²) in [5.41, 5.74) is 2.20. The quantitative estimate of drug-likeness (QED) is 0.637. The van der Waals surface area contributed by atoms with Gasteiger partial charge in [0.25, 0.3) is 15.1 Å². The fourth-order valence-corrected chi connectivity index (χ4v) is 4.73. The molecule has 0 amide bonds. The van der Waals surface area contributed by atoms with Gasteiger partial charge in [0.05, 0.1) is 0 Å². The lowest BCUT2D eigenvalue weighted by atomic mass is 10.1. The highest BCUT2D eigenvalue weighted by Gasteiger charge is 2.35. The zero-order valence-electron chi connectivity index (χ0n) is 16.2. The number of hydrogen-bond acceptors (Lipinski definition) is 6. The third kappa shape index (κ3) is 3.79. The lowest BCUT2D eigenvalue weighted by molar-refractivity contribution is 0.363. The molecule has 154 valence electrons. The summed E-state index contributed by atoms with van der Waals surface area (Å²) in [5.74, 6) is -0.228. The summed E-state index contributed by atoms with van der Waals surface area (Å²) in [5, 5.41) is 8.97. The van der Waals surface area contributed by atoms with Gasteiger partial charge in [-0.1, -0.05) is 17.7 Å². The monoisotopic (exact) mass is 426 g/mol. The number of benzene rings is 2. The maximum Gasteiger partial charge on any atom is 0.279 e. The molecule has 0 unspecified atom stereocenters. The number of halogens is 1. The number of piperazine rings is 1. The molecule has 3 aromatic rings. The molecule has 30 heavy (non-hydrogen) atoms. The van der Waals surface area contributed by atoms with E-state index in [-0.39, 0.29) is 30.5 Å².